The molecule has 0 saturated carbocycles. The Bertz CT molecular complexity index is 853. The van der Waals surface area contributed by atoms with Crippen molar-refractivity contribution in [2.75, 3.05) is 0 Å². The van der Waals surface area contributed by atoms with Gasteiger partial charge in [0.1, 0.15) is 5.75 Å². The molecule has 3 nitrogen and oxygen atoms in total. The quantitative estimate of drug-likeness (QED) is 0.698. The lowest BCUT2D eigenvalue weighted by atomic mass is 10.0. The highest BCUT2D eigenvalue weighted by molar-refractivity contribution is 5.95. The summed E-state index contributed by atoms with van der Waals surface area (Å²) in [6, 6.07) is 24.8. The highest BCUT2D eigenvalue weighted by atomic mass is 16.3. The van der Waals surface area contributed by atoms with Crippen molar-refractivity contribution in [3.05, 3.63) is 90.0 Å². The second-order valence-corrected chi connectivity index (χ2v) is 6.64. The maximum atomic E-state index is 13.0. The van der Waals surface area contributed by atoms with Gasteiger partial charge in [0, 0.05) is 18.2 Å². The molecule has 26 heavy (non-hydrogen) atoms. The summed E-state index contributed by atoms with van der Waals surface area (Å²) in [6.45, 7) is 4.66. The average molecular weight is 345 g/mol. The van der Waals surface area contributed by atoms with Crippen LogP contribution < -0.4 is 0 Å². The van der Waals surface area contributed by atoms with E-state index in [1.807, 2.05) is 85.5 Å². The van der Waals surface area contributed by atoms with E-state index in [-0.39, 0.29) is 17.7 Å². The first-order valence-corrected chi connectivity index (χ1v) is 8.79. The van der Waals surface area contributed by atoms with Crippen molar-refractivity contribution in [1.29, 1.82) is 0 Å². The number of phenols is 1. The molecule has 0 radical (unpaired) electrons. The van der Waals surface area contributed by atoms with E-state index < -0.39 is 0 Å². The van der Waals surface area contributed by atoms with Crippen LogP contribution in [0.2, 0.25) is 0 Å². The van der Waals surface area contributed by atoms with Crippen LogP contribution in [0.1, 0.15) is 29.8 Å². The third kappa shape index (κ3) is 4.12. The molecule has 132 valence electrons. The molecule has 0 atom stereocenters. The first-order valence-electron chi connectivity index (χ1n) is 8.79. The van der Waals surface area contributed by atoms with E-state index in [9.17, 15) is 9.90 Å². The Balaban J connectivity index is 1.80. The van der Waals surface area contributed by atoms with Gasteiger partial charge < -0.3 is 10.0 Å². The fraction of sp³-hybridized carbons (Fsp3) is 0.174. The van der Waals surface area contributed by atoms with Crippen molar-refractivity contribution in [2.45, 2.75) is 26.4 Å². The predicted molar refractivity (Wildman–Crippen MR) is 105 cm³/mol. The molecule has 3 aromatic carbocycles. The minimum Gasteiger partial charge on any atom is -0.508 e. The molecule has 0 fully saturated rings. The molecule has 3 rings (SSSR count). The second kappa shape index (κ2) is 7.87. The van der Waals surface area contributed by atoms with Crippen LogP contribution >= 0.6 is 0 Å². The van der Waals surface area contributed by atoms with Gasteiger partial charge in [0.05, 0.1) is 0 Å². The van der Waals surface area contributed by atoms with Gasteiger partial charge in [0.2, 0.25) is 0 Å². The van der Waals surface area contributed by atoms with Gasteiger partial charge in [0.25, 0.3) is 5.91 Å². The minimum absolute atomic E-state index is 0.0288. The number of hydrogen-bond donors (Lipinski definition) is 1. The largest absolute Gasteiger partial charge is 0.508 e. The molecular weight excluding hydrogens is 322 g/mol. The number of benzene rings is 3. The summed E-state index contributed by atoms with van der Waals surface area (Å²) in [5.74, 6) is 0.273. The smallest absolute Gasteiger partial charge is 0.254 e. The minimum atomic E-state index is 0.0288. The first kappa shape index (κ1) is 17.7. The van der Waals surface area contributed by atoms with Gasteiger partial charge in [-0.3, -0.25) is 4.79 Å². The predicted octanol–water partition coefficient (Wildman–Crippen LogP) is 5.11. The molecule has 3 aromatic rings. The summed E-state index contributed by atoms with van der Waals surface area (Å²) in [6.07, 6.45) is 0. The van der Waals surface area contributed by atoms with Gasteiger partial charge in [-0.05, 0) is 54.8 Å². The number of hydrogen-bond acceptors (Lipinski definition) is 2. The van der Waals surface area contributed by atoms with Gasteiger partial charge in [-0.1, -0.05) is 54.6 Å². The highest BCUT2D eigenvalue weighted by Gasteiger charge is 2.19. The number of aromatic hydroxyl groups is 1. The monoisotopic (exact) mass is 345 g/mol. The zero-order valence-electron chi connectivity index (χ0n) is 15.1. The van der Waals surface area contributed by atoms with E-state index in [1.165, 1.54) is 0 Å². The second-order valence-electron chi connectivity index (χ2n) is 6.64. The van der Waals surface area contributed by atoms with Crippen molar-refractivity contribution in [3.63, 3.8) is 0 Å². The summed E-state index contributed by atoms with van der Waals surface area (Å²) < 4.78 is 0. The lowest BCUT2D eigenvalue weighted by Crippen LogP contribution is -2.36. The molecule has 0 aliphatic heterocycles. The van der Waals surface area contributed by atoms with Crippen LogP contribution in [0.15, 0.2) is 78.9 Å². The molecule has 1 N–H and O–H groups in total. The zero-order valence-corrected chi connectivity index (χ0v) is 15.1. The molecular formula is C23H23NO2. The van der Waals surface area contributed by atoms with Crippen molar-refractivity contribution >= 4 is 5.91 Å². The van der Waals surface area contributed by atoms with Crippen LogP contribution in [0, 0.1) is 0 Å². The SMILES string of the molecule is CC(C)N(Cc1ccccc1)C(=O)c1ccc(-c2ccc(O)cc2)cc1. The molecule has 0 spiro atoms. The van der Waals surface area contributed by atoms with E-state index in [0.717, 1.165) is 16.7 Å². The number of rotatable bonds is 5. The van der Waals surface area contributed by atoms with Crippen LogP contribution in [0.25, 0.3) is 11.1 Å². The molecule has 0 unspecified atom stereocenters. The maximum absolute atomic E-state index is 13.0. The van der Waals surface area contributed by atoms with Gasteiger partial charge in [-0.25, -0.2) is 0 Å². The number of carbonyl (C=O) groups is 1. The summed E-state index contributed by atoms with van der Waals surface area (Å²) in [7, 11) is 0. The van der Waals surface area contributed by atoms with Crippen LogP contribution in [0.4, 0.5) is 0 Å². The summed E-state index contributed by atoms with van der Waals surface area (Å²) in [5, 5.41) is 9.40. The molecule has 0 bridgehead atoms. The number of amides is 1. The van der Waals surface area contributed by atoms with Gasteiger partial charge in [-0.2, -0.15) is 0 Å². The molecule has 0 heterocycles. The zero-order chi connectivity index (χ0) is 18.5. The van der Waals surface area contributed by atoms with Crippen molar-refractivity contribution in [3.8, 4) is 16.9 Å². The van der Waals surface area contributed by atoms with Crippen molar-refractivity contribution < 1.29 is 9.90 Å². The van der Waals surface area contributed by atoms with Crippen LogP contribution in [0.3, 0.4) is 0 Å². The standard InChI is InChI=1S/C23H23NO2/c1-17(2)24(16-18-6-4-3-5-7-18)23(26)21-10-8-19(9-11-21)20-12-14-22(25)15-13-20/h3-15,17,25H,16H2,1-2H3. The van der Waals surface area contributed by atoms with E-state index in [4.69, 9.17) is 0 Å². The fourth-order valence-corrected chi connectivity index (χ4v) is 2.89. The summed E-state index contributed by atoms with van der Waals surface area (Å²) in [5.41, 5.74) is 3.82. The van der Waals surface area contributed by atoms with E-state index >= 15 is 0 Å². The van der Waals surface area contributed by atoms with Crippen molar-refractivity contribution in [2.24, 2.45) is 0 Å². The number of carbonyl (C=O) groups excluding carboxylic acids is 1. The van der Waals surface area contributed by atoms with E-state index in [1.54, 1.807) is 12.1 Å². The Labute approximate surface area is 154 Å². The Kier molecular flexibility index (Phi) is 5.37. The van der Waals surface area contributed by atoms with Gasteiger partial charge >= 0.3 is 0 Å². The number of phenolic OH excluding ortho intramolecular Hbond substituents is 1. The Morgan fingerprint density at radius 1 is 0.846 bits per heavy atom. The van der Waals surface area contributed by atoms with Crippen LogP contribution in [-0.2, 0) is 6.54 Å². The maximum Gasteiger partial charge on any atom is 0.254 e. The molecule has 0 aliphatic rings. The molecule has 1 amide bonds. The van der Waals surface area contributed by atoms with Crippen molar-refractivity contribution in [1.82, 2.24) is 4.90 Å². The number of nitrogens with zero attached hydrogens (tertiary/aromatic N) is 1. The van der Waals surface area contributed by atoms with Crippen LogP contribution in [0.5, 0.6) is 5.75 Å². The van der Waals surface area contributed by atoms with Gasteiger partial charge in [0.15, 0.2) is 0 Å². The first-order chi connectivity index (χ1) is 12.5. The molecule has 0 aliphatic carbocycles. The summed E-state index contributed by atoms with van der Waals surface area (Å²) in [4.78, 5) is 14.9. The Morgan fingerprint density at radius 2 is 1.38 bits per heavy atom. The molecule has 3 heteroatoms. The lowest BCUT2D eigenvalue weighted by Gasteiger charge is -2.27. The molecule has 0 saturated heterocycles. The molecule has 0 aromatic heterocycles. The average Bonchev–Trinajstić information content (AvgIpc) is 2.67. The van der Waals surface area contributed by atoms with Gasteiger partial charge in [-0.15, -0.1) is 0 Å². The topological polar surface area (TPSA) is 40.5 Å². The third-order valence-corrected chi connectivity index (χ3v) is 4.41. The summed E-state index contributed by atoms with van der Waals surface area (Å²) >= 11 is 0. The van der Waals surface area contributed by atoms with Crippen LogP contribution in [-0.4, -0.2) is 22.0 Å². The highest BCUT2D eigenvalue weighted by Crippen LogP contribution is 2.23. The fourth-order valence-electron chi connectivity index (χ4n) is 2.89. The third-order valence-electron chi connectivity index (χ3n) is 4.41. The lowest BCUT2D eigenvalue weighted by molar-refractivity contribution is 0.0690. The Hall–Kier alpha value is -3.07. The van der Waals surface area contributed by atoms with E-state index in [0.29, 0.717) is 12.1 Å². The van der Waals surface area contributed by atoms with E-state index in [2.05, 4.69) is 0 Å². The Morgan fingerprint density at radius 3 is 1.92 bits per heavy atom. The normalized spacial score (nSPS) is 10.7.